The highest BCUT2D eigenvalue weighted by Gasteiger charge is 2.14. The Morgan fingerprint density at radius 3 is 2.54 bits per heavy atom. The molecule has 2 aromatic carbocycles. The Morgan fingerprint density at radius 1 is 0.962 bits per heavy atom. The molecular formula is C21H14BrN3O. The van der Waals surface area contributed by atoms with Crippen molar-refractivity contribution in [3.8, 4) is 11.3 Å². The molecule has 4 aromatic rings. The summed E-state index contributed by atoms with van der Waals surface area (Å²) < 4.78 is 0.962. The molecule has 0 atom stereocenters. The molecule has 0 fully saturated rings. The number of benzene rings is 2. The van der Waals surface area contributed by atoms with Gasteiger partial charge in [0.25, 0.3) is 5.91 Å². The van der Waals surface area contributed by atoms with Gasteiger partial charge in [-0.3, -0.25) is 9.78 Å². The zero-order valence-electron chi connectivity index (χ0n) is 13.7. The molecule has 0 spiro atoms. The average Bonchev–Trinajstić information content (AvgIpc) is 2.69. The Morgan fingerprint density at radius 2 is 1.77 bits per heavy atom. The van der Waals surface area contributed by atoms with E-state index in [1.54, 1.807) is 12.4 Å². The number of carbonyl (C=O) groups excluding carboxylic acids is 1. The first-order valence-corrected chi connectivity index (χ1v) is 8.87. The number of para-hydroxylation sites is 1. The normalized spacial score (nSPS) is 10.7. The van der Waals surface area contributed by atoms with E-state index in [1.165, 1.54) is 0 Å². The van der Waals surface area contributed by atoms with Crippen molar-refractivity contribution in [1.82, 2.24) is 9.97 Å². The number of halogens is 1. The van der Waals surface area contributed by atoms with Crippen LogP contribution in [0.4, 0.5) is 5.69 Å². The van der Waals surface area contributed by atoms with E-state index in [0.717, 1.165) is 32.3 Å². The number of carbonyl (C=O) groups is 1. The first-order valence-electron chi connectivity index (χ1n) is 8.08. The molecule has 0 aliphatic heterocycles. The monoisotopic (exact) mass is 403 g/mol. The Kier molecular flexibility index (Phi) is 4.46. The molecule has 1 N–H and O–H groups in total. The predicted molar refractivity (Wildman–Crippen MR) is 107 cm³/mol. The van der Waals surface area contributed by atoms with E-state index < -0.39 is 0 Å². The number of nitrogens with one attached hydrogen (secondary N) is 1. The number of rotatable bonds is 3. The number of aromatic nitrogens is 2. The second-order valence-corrected chi connectivity index (χ2v) is 6.69. The zero-order valence-corrected chi connectivity index (χ0v) is 15.3. The van der Waals surface area contributed by atoms with Crippen molar-refractivity contribution in [2.45, 2.75) is 0 Å². The molecular weight excluding hydrogens is 390 g/mol. The summed E-state index contributed by atoms with van der Waals surface area (Å²) in [6.45, 7) is 0. The van der Waals surface area contributed by atoms with Crippen molar-refractivity contribution < 1.29 is 4.79 Å². The first kappa shape index (κ1) is 16.4. The number of anilines is 1. The SMILES string of the molecule is O=C(Nc1ccc(Br)cc1)c1cc(-c2cccnc2)nc2ccccc12. The van der Waals surface area contributed by atoms with Gasteiger partial charge >= 0.3 is 0 Å². The van der Waals surface area contributed by atoms with Gasteiger partial charge in [-0.15, -0.1) is 0 Å². The van der Waals surface area contributed by atoms with Crippen LogP contribution in [-0.4, -0.2) is 15.9 Å². The number of fused-ring (bicyclic) bond motifs is 1. The van der Waals surface area contributed by atoms with E-state index in [1.807, 2.05) is 66.7 Å². The van der Waals surface area contributed by atoms with Crippen molar-refractivity contribution in [1.29, 1.82) is 0 Å². The molecule has 0 saturated carbocycles. The van der Waals surface area contributed by atoms with E-state index in [2.05, 4.69) is 31.2 Å². The molecule has 2 aromatic heterocycles. The van der Waals surface area contributed by atoms with E-state index >= 15 is 0 Å². The van der Waals surface area contributed by atoms with Gasteiger partial charge in [0.05, 0.1) is 16.8 Å². The fourth-order valence-electron chi connectivity index (χ4n) is 2.76. The van der Waals surface area contributed by atoms with Crippen LogP contribution < -0.4 is 5.32 Å². The van der Waals surface area contributed by atoms with Crippen LogP contribution in [0.5, 0.6) is 0 Å². The highest BCUT2D eigenvalue weighted by Crippen LogP contribution is 2.25. The van der Waals surface area contributed by atoms with E-state index in [0.29, 0.717) is 5.56 Å². The Balaban J connectivity index is 1.79. The summed E-state index contributed by atoms with van der Waals surface area (Å²) in [7, 11) is 0. The van der Waals surface area contributed by atoms with E-state index in [9.17, 15) is 4.79 Å². The molecule has 0 aliphatic carbocycles. The van der Waals surface area contributed by atoms with Crippen LogP contribution >= 0.6 is 15.9 Å². The molecule has 126 valence electrons. The molecule has 26 heavy (non-hydrogen) atoms. The third-order valence-electron chi connectivity index (χ3n) is 4.02. The van der Waals surface area contributed by atoms with Gasteiger partial charge in [-0.1, -0.05) is 34.1 Å². The fraction of sp³-hybridized carbons (Fsp3) is 0. The van der Waals surface area contributed by atoms with E-state index in [-0.39, 0.29) is 5.91 Å². The molecule has 0 saturated heterocycles. The fourth-order valence-corrected chi connectivity index (χ4v) is 3.02. The maximum Gasteiger partial charge on any atom is 0.256 e. The molecule has 0 unspecified atom stereocenters. The standard InChI is InChI=1S/C21H14BrN3O/c22-15-7-9-16(10-8-15)24-21(26)18-12-20(14-4-3-11-23-13-14)25-19-6-2-1-5-17(18)19/h1-13H,(H,24,26). The zero-order chi connectivity index (χ0) is 17.9. The first-order chi connectivity index (χ1) is 12.7. The lowest BCUT2D eigenvalue weighted by atomic mass is 10.0. The Bertz CT molecular complexity index is 1080. The van der Waals surface area contributed by atoms with Gasteiger partial charge in [0, 0.05) is 33.5 Å². The highest BCUT2D eigenvalue weighted by atomic mass is 79.9. The van der Waals surface area contributed by atoms with Crippen molar-refractivity contribution in [2.75, 3.05) is 5.32 Å². The second-order valence-electron chi connectivity index (χ2n) is 5.77. The average molecular weight is 404 g/mol. The molecule has 5 heteroatoms. The Hall–Kier alpha value is -3.05. The predicted octanol–water partition coefficient (Wildman–Crippen LogP) is 5.31. The van der Waals surface area contributed by atoms with Crippen LogP contribution in [0.25, 0.3) is 22.2 Å². The quantitative estimate of drug-likeness (QED) is 0.504. The van der Waals surface area contributed by atoms with Crippen LogP contribution in [0.3, 0.4) is 0 Å². The number of nitrogens with zero attached hydrogens (tertiary/aromatic N) is 2. The van der Waals surface area contributed by atoms with Gasteiger partial charge in [-0.05, 0) is 48.5 Å². The molecule has 4 nitrogen and oxygen atoms in total. The van der Waals surface area contributed by atoms with Crippen LogP contribution in [0.2, 0.25) is 0 Å². The topological polar surface area (TPSA) is 54.9 Å². The smallest absolute Gasteiger partial charge is 0.256 e. The number of amides is 1. The van der Waals surface area contributed by atoms with Crippen LogP contribution in [0.15, 0.2) is 83.6 Å². The minimum absolute atomic E-state index is 0.170. The van der Waals surface area contributed by atoms with Gasteiger partial charge in [0.15, 0.2) is 0 Å². The van der Waals surface area contributed by atoms with Crippen molar-refractivity contribution in [2.24, 2.45) is 0 Å². The lowest BCUT2D eigenvalue weighted by Gasteiger charge is -2.10. The summed E-state index contributed by atoms with van der Waals surface area (Å²) in [5, 5.41) is 3.77. The summed E-state index contributed by atoms with van der Waals surface area (Å²) in [5.74, 6) is -0.170. The largest absolute Gasteiger partial charge is 0.322 e. The molecule has 1 amide bonds. The van der Waals surface area contributed by atoms with Crippen LogP contribution in [0, 0.1) is 0 Å². The van der Waals surface area contributed by atoms with Gasteiger partial charge in [0.2, 0.25) is 0 Å². The maximum atomic E-state index is 12.9. The third-order valence-corrected chi connectivity index (χ3v) is 4.55. The summed E-state index contributed by atoms with van der Waals surface area (Å²) >= 11 is 3.40. The maximum absolute atomic E-state index is 12.9. The molecule has 4 rings (SSSR count). The van der Waals surface area contributed by atoms with Crippen LogP contribution in [0.1, 0.15) is 10.4 Å². The minimum Gasteiger partial charge on any atom is -0.322 e. The van der Waals surface area contributed by atoms with Gasteiger partial charge < -0.3 is 5.32 Å². The molecule has 0 radical (unpaired) electrons. The summed E-state index contributed by atoms with van der Waals surface area (Å²) in [6.07, 6.45) is 3.46. The van der Waals surface area contributed by atoms with E-state index in [4.69, 9.17) is 0 Å². The Labute approximate surface area is 159 Å². The lowest BCUT2D eigenvalue weighted by molar-refractivity contribution is 0.102. The lowest BCUT2D eigenvalue weighted by Crippen LogP contribution is -2.13. The summed E-state index contributed by atoms with van der Waals surface area (Å²) in [5.41, 5.74) is 3.68. The molecule has 2 heterocycles. The molecule has 0 bridgehead atoms. The third kappa shape index (κ3) is 3.34. The number of hydrogen-bond donors (Lipinski definition) is 1. The summed E-state index contributed by atoms with van der Waals surface area (Å²) in [4.78, 5) is 21.8. The molecule has 0 aliphatic rings. The summed E-state index contributed by atoms with van der Waals surface area (Å²) in [6, 6.07) is 20.7. The second kappa shape index (κ2) is 7.06. The highest BCUT2D eigenvalue weighted by molar-refractivity contribution is 9.10. The number of pyridine rings is 2. The van der Waals surface area contributed by atoms with Crippen LogP contribution in [-0.2, 0) is 0 Å². The van der Waals surface area contributed by atoms with Crippen molar-refractivity contribution in [3.05, 3.63) is 89.2 Å². The number of hydrogen-bond acceptors (Lipinski definition) is 3. The van der Waals surface area contributed by atoms with Gasteiger partial charge in [-0.25, -0.2) is 4.98 Å². The van der Waals surface area contributed by atoms with Gasteiger partial charge in [-0.2, -0.15) is 0 Å². The van der Waals surface area contributed by atoms with Crippen molar-refractivity contribution in [3.63, 3.8) is 0 Å². The van der Waals surface area contributed by atoms with Crippen molar-refractivity contribution >= 4 is 38.4 Å². The minimum atomic E-state index is -0.170. The van der Waals surface area contributed by atoms with Gasteiger partial charge in [0.1, 0.15) is 0 Å².